The number of carboxylic acid groups (broad SMARTS) is 1. The van der Waals surface area contributed by atoms with Crippen molar-refractivity contribution in [1.82, 2.24) is 4.90 Å². The maximum atomic E-state index is 14.0. The van der Waals surface area contributed by atoms with Crippen LogP contribution in [0.3, 0.4) is 0 Å². The minimum atomic E-state index is -1.22. The fourth-order valence-corrected chi connectivity index (χ4v) is 5.22. The average molecular weight is 523 g/mol. The molecule has 3 aromatic rings. The Hall–Kier alpha value is -3.36. The molecule has 0 aliphatic carbocycles. The van der Waals surface area contributed by atoms with Crippen molar-refractivity contribution in [3.63, 3.8) is 0 Å². The molecule has 37 heavy (non-hydrogen) atoms. The third-order valence-corrected chi connectivity index (χ3v) is 7.59. The van der Waals surface area contributed by atoms with E-state index in [-0.39, 0.29) is 17.2 Å². The lowest BCUT2D eigenvalue weighted by Gasteiger charge is -2.37. The minimum absolute atomic E-state index is 0.123. The Kier molecular flexibility index (Phi) is 8.84. The first kappa shape index (κ1) is 26.7. The van der Waals surface area contributed by atoms with Crippen molar-refractivity contribution in [2.24, 2.45) is 5.16 Å². The van der Waals surface area contributed by atoms with E-state index in [0.29, 0.717) is 19.7 Å². The molecule has 0 amide bonds. The number of halogens is 1. The van der Waals surface area contributed by atoms with E-state index in [1.54, 1.807) is 23.9 Å². The number of carbonyl (C=O) groups is 1. The summed E-state index contributed by atoms with van der Waals surface area (Å²) < 4.78 is 18.7. The zero-order chi connectivity index (χ0) is 26.4. The van der Waals surface area contributed by atoms with Crippen molar-refractivity contribution < 1.29 is 23.9 Å². The van der Waals surface area contributed by atoms with Gasteiger partial charge in [-0.2, -0.15) is 0 Å². The molecule has 1 heterocycles. The molecular formula is C29H31FN2O4S. The number of hydrogen-bond donors (Lipinski definition) is 1. The molecule has 0 bridgehead atoms. The Morgan fingerprint density at radius 2 is 1.86 bits per heavy atom. The number of hydrogen-bond acceptors (Lipinski definition) is 6. The lowest BCUT2D eigenvalue weighted by molar-refractivity contribution is -0.0363. The molecule has 1 fully saturated rings. The third kappa shape index (κ3) is 7.57. The average Bonchev–Trinajstić information content (AvgIpc) is 2.84. The lowest BCUT2D eigenvalue weighted by atomic mass is 10.1. The van der Waals surface area contributed by atoms with Gasteiger partial charge in [0.05, 0.1) is 11.0 Å². The molecule has 1 atom stereocenters. The van der Waals surface area contributed by atoms with Crippen LogP contribution in [0.25, 0.3) is 0 Å². The van der Waals surface area contributed by atoms with Crippen LogP contribution < -0.4 is 0 Å². The molecule has 3 aromatic carbocycles. The van der Waals surface area contributed by atoms with E-state index < -0.39 is 6.16 Å². The predicted octanol–water partition coefficient (Wildman–Crippen LogP) is 6.60. The summed E-state index contributed by atoms with van der Waals surface area (Å²) in [6.07, 6.45) is -1.47. The van der Waals surface area contributed by atoms with E-state index >= 15 is 0 Å². The van der Waals surface area contributed by atoms with Gasteiger partial charge in [0.1, 0.15) is 18.5 Å². The van der Waals surface area contributed by atoms with Crippen molar-refractivity contribution in [2.75, 3.05) is 19.7 Å². The highest BCUT2D eigenvalue weighted by Crippen LogP contribution is 2.36. The molecule has 0 aromatic heterocycles. The van der Waals surface area contributed by atoms with Gasteiger partial charge in [0.25, 0.3) is 0 Å². The number of aryl methyl sites for hydroxylation is 2. The van der Waals surface area contributed by atoms with Crippen LogP contribution in [0.4, 0.5) is 9.18 Å². The van der Waals surface area contributed by atoms with Crippen molar-refractivity contribution in [2.45, 2.75) is 43.6 Å². The largest absolute Gasteiger partial charge is 0.506 e. The summed E-state index contributed by atoms with van der Waals surface area (Å²) in [5.41, 5.74) is 6.12. The molecule has 4 rings (SSSR count). The first-order valence-corrected chi connectivity index (χ1v) is 13.0. The van der Waals surface area contributed by atoms with Crippen molar-refractivity contribution in [3.05, 3.63) is 100 Å². The Morgan fingerprint density at radius 1 is 1.11 bits per heavy atom. The number of thioether (sulfide) groups is 1. The number of rotatable bonds is 10. The fourth-order valence-electron chi connectivity index (χ4n) is 4.09. The monoisotopic (exact) mass is 522 g/mol. The molecule has 194 valence electrons. The molecule has 1 unspecified atom stereocenters. The summed E-state index contributed by atoms with van der Waals surface area (Å²) in [5, 5.41) is 12.9. The second-order valence-corrected chi connectivity index (χ2v) is 10.6. The molecule has 8 heteroatoms. The van der Waals surface area contributed by atoms with E-state index in [9.17, 15) is 9.18 Å². The normalized spacial score (nSPS) is 15.2. The molecule has 1 saturated heterocycles. The highest BCUT2D eigenvalue weighted by atomic mass is 32.2. The summed E-state index contributed by atoms with van der Waals surface area (Å²) in [6.45, 7) is 8.30. The summed E-state index contributed by atoms with van der Waals surface area (Å²) in [4.78, 5) is 19.6. The minimum Gasteiger partial charge on any atom is -0.450 e. The lowest BCUT2D eigenvalue weighted by Crippen LogP contribution is -2.52. The SMILES string of the molecule is C/C(=N\OCC(Sc1ccc(C)c(C)c1)c1cccc(F)c1)c1ccc(CN2CC(OC(=O)O)C2)cc1. The molecule has 1 N–H and O–H groups in total. The summed E-state index contributed by atoms with van der Waals surface area (Å²) in [5.74, 6) is -0.272. The first-order valence-electron chi connectivity index (χ1n) is 12.1. The number of nitrogens with zero attached hydrogens (tertiary/aromatic N) is 2. The molecule has 0 saturated carbocycles. The van der Waals surface area contributed by atoms with Crippen LogP contribution in [0.15, 0.2) is 76.8 Å². The van der Waals surface area contributed by atoms with Crippen LogP contribution in [0.5, 0.6) is 0 Å². The van der Waals surface area contributed by atoms with Crippen LogP contribution in [-0.4, -0.2) is 47.7 Å². The van der Waals surface area contributed by atoms with Crippen LogP contribution >= 0.6 is 11.8 Å². The number of likely N-dealkylation sites (tertiary alicyclic amines) is 1. The Morgan fingerprint density at radius 3 is 2.54 bits per heavy atom. The zero-order valence-electron chi connectivity index (χ0n) is 21.2. The van der Waals surface area contributed by atoms with Gasteiger partial charge in [0.2, 0.25) is 0 Å². The highest BCUT2D eigenvalue weighted by Gasteiger charge is 2.29. The maximum absolute atomic E-state index is 14.0. The maximum Gasteiger partial charge on any atom is 0.506 e. The zero-order valence-corrected chi connectivity index (χ0v) is 22.0. The van der Waals surface area contributed by atoms with Crippen LogP contribution in [0, 0.1) is 19.7 Å². The second-order valence-electron chi connectivity index (χ2n) is 9.28. The van der Waals surface area contributed by atoms with Crippen LogP contribution in [-0.2, 0) is 16.1 Å². The smallest absolute Gasteiger partial charge is 0.450 e. The Balaban J connectivity index is 1.36. The van der Waals surface area contributed by atoms with Gasteiger partial charge in [-0.3, -0.25) is 4.90 Å². The van der Waals surface area contributed by atoms with Gasteiger partial charge < -0.3 is 14.7 Å². The van der Waals surface area contributed by atoms with Gasteiger partial charge in [-0.05, 0) is 72.9 Å². The molecule has 0 radical (unpaired) electrons. The molecular weight excluding hydrogens is 491 g/mol. The molecule has 6 nitrogen and oxygen atoms in total. The first-order chi connectivity index (χ1) is 17.8. The summed E-state index contributed by atoms with van der Waals surface area (Å²) in [6, 6.07) is 21.0. The summed E-state index contributed by atoms with van der Waals surface area (Å²) >= 11 is 1.63. The Labute approximate surface area is 221 Å². The quantitative estimate of drug-likeness (QED) is 0.140. The van der Waals surface area contributed by atoms with E-state index in [0.717, 1.165) is 33.8 Å². The predicted molar refractivity (Wildman–Crippen MR) is 144 cm³/mol. The number of ether oxygens (including phenoxy) is 1. The van der Waals surface area contributed by atoms with Gasteiger partial charge in [-0.1, -0.05) is 47.6 Å². The Bertz CT molecular complexity index is 1260. The van der Waals surface area contributed by atoms with Crippen LogP contribution in [0.1, 0.15) is 40.0 Å². The van der Waals surface area contributed by atoms with E-state index in [1.165, 1.54) is 17.2 Å². The van der Waals surface area contributed by atoms with Crippen molar-refractivity contribution >= 4 is 23.6 Å². The van der Waals surface area contributed by atoms with Crippen molar-refractivity contribution in [3.8, 4) is 0 Å². The molecule has 1 aliphatic rings. The van der Waals surface area contributed by atoms with E-state index in [1.807, 2.05) is 37.3 Å². The molecule has 1 aliphatic heterocycles. The van der Waals surface area contributed by atoms with Gasteiger partial charge in [-0.15, -0.1) is 11.8 Å². The standard InChI is InChI=1S/C29H31FN2O4S/c1-19-7-12-27(13-20(19)2)37-28(24-5-4-6-25(30)14-24)18-35-31-21(3)23-10-8-22(9-11-23)15-32-16-26(17-32)36-29(33)34/h4-14,26,28H,15-18H2,1-3H3,(H,33,34)/b31-21+. The van der Waals surface area contributed by atoms with Gasteiger partial charge in [0, 0.05) is 24.5 Å². The second kappa shape index (κ2) is 12.3. The van der Waals surface area contributed by atoms with Gasteiger partial charge >= 0.3 is 6.16 Å². The molecule has 0 spiro atoms. The number of benzene rings is 3. The van der Waals surface area contributed by atoms with E-state index in [2.05, 4.69) is 42.1 Å². The van der Waals surface area contributed by atoms with Gasteiger partial charge in [-0.25, -0.2) is 9.18 Å². The summed E-state index contributed by atoms with van der Waals surface area (Å²) in [7, 11) is 0. The highest BCUT2D eigenvalue weighted by molar-refractivity contribution is 7.99. The van der Waals surface area contributed by atoms with E-state index in [4.69, 9.17) is 14.7 Å². The fraction of sp³-hybridized carbons (Fsp3) is 0.310. The third-order valence-electron chi connectivity index (χ3n) is 6.37. The number of oxime groups is 1. The van der Waals surface area contributed by atoms with Crippen molar-refractivity contribution in [1.29, 1.82) is 0 Å². The van der Waals surface area contributed by atoms with Gasteiger partial charge in [0.15, 0.2) is 0 Å². The van der Waals surface area contributed by atoms with Crippen LogP contribution in [0.2, 0.25) is 0 Å². The topological polar surface area (TPSA) is 71.4 Å².